The molecule has 3 heterocycles. The second-order valence-electron chi connectivity index (χ2n) is 6.56. The Morgan fingerprint density at radius 2 is 1.86 bits per heavy atom. The molecule has 0 saturated carbocycles. The zero-order valence-electron chi connectivity index (χ0n) is 15.5. The molecular formula is C21H18FN5O2. The molecule has 1 saturated heterocycles. The molecule has 7 nitrogen and oxygen atoms in total. The van der Waals surface area contributed by atoms with Gasteiger partial charge >= 0.3 is 6.03 Å². The second kappa shape index (κ2) is 8.05. The number of pyridine rings is 2. The van der Waals surface area contributed by atoms with Crippen molar-refractivity contribution in [3.63, 3.8) is 0 Å². The molecule has 146 valence electrons. The summed E-state index contributed by atoms with van der Waals surface area (Å²) in [5, 5.41) is 2.72. The molecule has 0 atom stereocenters. The summed E-state index contributed by atoms with van der Waals surface area (Å²) in [5.74, 6) is -0.127. The van der Waals surface area contributed by atoms with Gasteiger partial charge in [-0.2, -0.15) is 0 Å². The summed E-state index contributed by atoms with van der Waals surface area (Å²) in [5.41, 5.74) is 1.68. The Labute approximate surface area is 166 Å². The van der Waals surface area contributed by atoms with Crippen LogP contribution in [0.5, 0.6) is 0 Å². The number of carbonyl (C=O) groups is 2. The van der Waals surface area contributed by atoms with Crippen LogP contribution < -0.4 is 10.2 Å². The van der Waals surface area contributed by atoms with E-state index < -0.39 is 0 Å². The molecular weight excluding hydrogens is 373 g/mol. The van der Waals surface area contributed by atoms with Crippen molar-refractivity contribution in [2.45, 2.75) is 6.54 Å². The number of urea groups is 1. The summed E-state index contributed by atoms with van der Waals surface area (Å²) in [6.45, 7) is 1.47. The lowest BCUT2D eigenvalue weighted by molar-refractivity contribution is 0.102. The van der Waals surface area contributed by atoms with Gasteiger partial charge in [0.2, 0.25) is 0 Å². The Kier molecular flexibility index (Phi) is 5.15. The molecule has 29 heavy (non-hydrogen) atoms. The lowest BCUT2D eigenvalue weighted by Gasteiger charge is -2.18. The van der Waals surface area contributed by atoms with Crippen LogP contribution in [0.2, 0.25) is 0 Å². The van der Waals surface area contributed by atoms with E-state index in [0.717, 1.165) is 5.56 Å². The summed E-state index contributed by atoms with van der Waals surface area (Å²) in [6.07, 6.45) is 3.05. The number of amides is 3. The fourth-order valence-corrected chi connectivity index (χ4v) is 3.06. The first-order valence-corrected chi connectivity index (χ1v) is 9.09. The van der Waals surface area contributed by atoms with Crippen molar-refractivity contribution >= 4 is 23.4 Å². The molecule has 0 spiro atoms. The van der Waals surface area contributed by atoms with Gasteiger partial charge in [-0.1, -0.05) is 18.2 Å². The summed E-state index contributed by atoms with van der Waals surface area (Å²) in [7, 11) is 0. The minimum Gasteiger partial charge on any atom is -0.319 e. The Morgan fingerprint density at radius 1 is 1.03 bits per heavy atom. The SMILES string of the molecule is O=C(Nc1ccc(N2CCN(Cc3ccc(F)cc3)C2=O)nc1)c1ccccn1. The molecule has 1 aromatic carbocycles. The third-order valence-corrected chi connectivity index (χ3v) is 4.56. The van der Waals surface area contributed by atoms with Crippen molar-refractivity contribution in [3.8, 4) is 0 Å². The van der Waals surface area contributed by atoms with Crippen LogP contribution in [0.4, 0.5) is 20.7 Å². The average molecular weight is 391 g/mol. The van der Waals surface area contributed by atoms with Crippen molar-refractivity contribution in [3.05, 3.63) is 84.1 Å². The number of benzene rings is 1. The molecule has 2 aromatic heterocycles. The molecule has 1 fully saturated rings. The van der Waals surface area contributed by atoms with E-state index in [2.05, 4.69) is 15.3 Å². The Balaban J connectivity index is 1.39. The first kappa shape index (κ1) is 18.5. The molecule has 0 unspecified atom stereocenters. The highest BCUT2D eigenvalue weighted by Gasteiger charge is 2.30. The normalized spacial score (nSPS) is 13.6. The summed E-state index contributed by atoms with van der Waals surface area (Å²) in [6, 6.07) is 14.4. The van der Waals surface area contributed by atoms with E-state index in [-0.39, 0.29) is 17.8 Å². The summed E-state index contributed by atoms with van der Waals surface area (Å²) < 4.78 is 13.0. The highest BCUT2D eigenvalue weighted by Crippen LogP contribution is 2.21. The van der Waals surface area contributed by atoms with Crippen LogP contribution in [-0.4, -0.2) is 39.9 Å². The standard InChI is InChI=1S/C21H18FN5O2/c22-16-6-4-15(5-7-16)14-26-11-12-27(21(26)29)19-9-8-17(13-24-19)25-20(28)18-3-1-2-10-23-18/h1-10,13H,11-12,14H2,(H,25,28). The number of aromatic nitrogens is 2. The van der Waals surface area contributed by atoms with Crippen LogP contribution in [0.3, 0.4) is 0 Å². The first-order valence-electron chi connectivity index (χ1n) is 9.09. The fraction of sp³-hybridized carbons (Fsp3) is 0.143. The number of carbonyl (C=O) groups excluding carboxylic acids is 2. The van der Waals surface area contributed by atoms with E-state index in [1.807, 2.05) is 0 Å². The van der Waals surface area contributed by atoms with Gasteiger partial charge in [-0.25, -0.2) is 14.2 Å². The van der Waals surface area contributed by atoms with Crippen LogP contribution in [-0.2, 0) is 6.54 Å². The molecule has 3 aromatic rings. The monoisotopic (exact) mass is 391 g/mol. The predicted molar refractivity (Wildman–Crippen MR) is 106 cm³/mol. The Bertz CT molecular complexity index is 1010. The van der Waals surface area contributed by atoms with Crippen molar-refractivity contribution in [1.29, 1.82) is 0 Å². The van der Waals surface area contributed by atoms with E-state index in [1.54, 1.807) is 58.5 Å². The van der Waals surface area contributed by atoms with E-state index in [4.69, 9.17) is 0 Å². The van der Waals surface area contributed by atoms with Gasteiger partial charge in [-0.15, -0.1) is 0 Å². The maximum Gasteiger partial charge on any atom is 0.326 e. The predicted octanol–water partition coefficient (Wildman–Crippen LogP) is 3.31. The van der Waals surface area contributed by atoms with Gasteiger partial charge < -0.3 is 10.2 Å². The average Bonchev–Trinajstić information content (AvgIpc) is 3.11. The van der Waals surface area contributed by atoms with Gasteiger partial charge in [0.1, 0.15) is 17.3 Å². The van der Waals surface area contributed by atoms with Gasteiger partial charge in [-0.3, -0.25) is 14.7 Å². The fourth-order valence-electron chi connectivity index (χ4n) is 3.06. The van der Waals surface area contributed by atoms with Crippen LogP contribution in [0.1, 0.15) is 16.1 Å². The van der Waals surface area contributed by atoms with Gasteiger partial charge in [0.15, 0.2) is 0 Å². The summed E-state index contributed by atoms with van der Waals surface area (Å²) in [4.78, 5) is 36.4. The smallest absolute Gasteiger partial charge is 0.319 e. The molecule has 3 amide bonds. The first-order chi connectivity index (χ1) is 14.1. The van der Waals surface area contributed by atoms with Gasteiger partial charge in [0.05, 0.1) is 11.9 Å². The lowest BCUT2D eigenvalue weighted by atomic mass is 10.2. The minimum absolute atomic E-state index is 0.160. The van der Waals surface area contributed by atoms with E-state index in [1.165, 1.54) is 18.3 Å². The summed E-state index contributed by atoms with van der Waals surface area (Å²) >= 11 is 0. The van der Waals surface area contributed by atoms with Crippen LogP contribution >= 0.6 is 0 Å². The lowest BCUT2D eigenvalue weighted by Crippen LogP contribution is -2.31. The van der Waals surface area contributed by atoms with Crippen LogP contribution in [0.25, 0.3) is 0 Å². The number of halogens is 1. The van der Waals surface area contributed by atoms with Crippen molar-refractivity contribution < 1.29 is 14.0 Å². The topological polar surface area (TPSA) is 78.4 Å². The number of hydrogen-bond acceptors (Lipinski definition) is 4. The molecule has 1 N–H and O–H groups in total. The number of nitrogens with zero attached hydrogens (tertiary/aromatic N) is 4. The van der Waals surface area contributed by atoms with E-state index >= 15 is 0 Å². The van der Waals surface area contributed by atoms with Gasteiger partial charge in [0.25, 0.3) is 5.91 Å². The molecule has 0 bridgehead atoms. The molecule has 1 aliphatic heterocycles. The number of hydrogen-bond donors (Lipinski definition) is 1. The Morgan fingerprint density at radius 3 is 2.55 bits per heavy atom. The maximum atomic E-state index is 13.0. The van der Waals surface area contributed by atoms with E-state index in [9.17, 15) is 14.0 Å². The molecule has 0 aliphatic carbocycles. The van der Waals surface area contributed by atoms with Crippen molar-refractivity contribution in [2.24, 2.45) is 0 Å². The third-order valence-electron chi connectivity index (χ3n) is 4.56. The molecule has 8 heteroatoms. The van der Waals surface area contributed by atoms with E-state index in [0.29, 0.717) is 36.8 Å². The van der Waals surface area contributed by atoms with Crippen molar-refractivity contribution in [1.82, 2.24) is 14.9 Å². The quantitative estimate of drug-likeness (QED) is 0.724. The van der Waals surface area contributed by atoms with Crippen LogP contribution in [0.15, 0.2) is 67.0 Å². The second-order valence-corrected chi connectivity index (χ2v) is 6.56. The highest BCUT2D eigenvalue weighted by molar-refractivity contribution is 6.02. The number of anilines is 2. The van der Waals surface area contributed by atoms with Gasteiger partial charge in [0, 0.05) is 25.8 Å². The molecule has 0 radical (unpaired) electrons. The van der Waals surface area contributed by atoms with Crippen molar-refractivity contribution in [2.75, 3.05) is 23.3 Å². The highest BCUT2D eigenvalue weighted by atomic mass is 19.1. The molecule has 1 aliphatic rings. The third kappa shape index (κ3) is 4.21. The minimum atomic E-state index is -0.331. The van der Waals surface area contributed by atoms with Crippen LogP contribution in [0, 0.1) is 5.82 Å². The van der Waals surface area contributed by atoms with Gasteiger partial charge in [-0.05, 0) is 42.0 Å². The zero-order valence-corrected chi connectivity index (χ0v) is 15.5. The zero-order chi connectivity index (χ0) is 20.2. The Hall–Kier alpha value is -3.81. The maximum absolute atomic E-state index is 13.0. The largest absolute Gasteiger partial charge is 0.326 e. The number of nitrogens with one attached hydrogen (secondary N) is 1. The molecule has 4 rings (SSSR count). The number of rotatable bonds is 5.